The Labute approximate surface area is 173 Å². The highest BCUT2D eigenvalue weighted by atomic mass is 19.1. The molecule has 4 rings (SSSR count). The van der Waals surface area contributed by atoms with E-state index in [2.05, 4.69) is 16.0 Å². The second-order valence-corrected chi connectivity index (χ2v) is 6.19. The zero-order chi connectivity index (χ0) is 21.5. The Morgan fingerprint density at radius 2 is 1.83 bits per heavy atom. The Morgan fingerprint density at radius 1 is 1.13 bits per heavy atom. The first-order valence-electron chi connectivity index (χ1n) is 9.30. The Kier molecular flexibility index (Phi) is 6.77. The monoisotopic (exact) mass is 407 g/mol. The number of pyridine rings is 1. The molecule has 3 N–H and O–H groups in total. The molecule has 2 aromatic carbocycles. The molecule has 1 amide bonds. The number of hydrogen-bond acceptors (Lipinski definition) is 5. The van der Waals surface area contributed by atoms with Crippen LogP contribution in [0.15, 0.2) is 71.3 Å². The largest absolute Gasteiger partial charge is 0.473 e. The van der Waals surface area contributed by atoms with Crippen molar-refractivity contribution in [1.29, 1.82) is 0 Å². The SMILES string of the molecule is CN.CNC(=O)c1c(-c2ccc(F)cc2)oc2cnc(OCc3ccccc3)cc12. The molecule has 0 fully saturated rings. The van der Waals surface area contributed by atoms with E-state index >= 15 is 0 Å². The number of carbonyl (C=O) groups excluding carboxylic acids is 1. The lowest BCUT2D eigenvalue weighted by molar-refractivity contribution is 0.0964. The number of carbonyl (C=O) groups is 1. The highest BCUT2D eigenvalue weighted by molar-refractivity contribution is 6.11. The average Bonchev–Trinajstić information content (AvgIpc) is 3.18. The number of nitrogens with zero attached hydrogens (tertiary/aromatic N) is 1. The molecule has 4 aromatic rings. The zero-order valence-electron chi connectivity index (χ0n) is 16.7. The molecule has 30 heavy (non-hydrogen) atoms. The summed E-state index contributed by atoms with van der Waals surface area (Å²) in [5.74, 6) is 0.0715. The molecule has 0 atom stereocenters. The molecular weight excluding hydrogens is 385 g/mol. The van der Waals surface area contributed by atoms with Gasteiger partial charge < -0.3 is 20.2 Å². The van der Waals surface area contributed by atoms with E-state index in [1.165, 1.54) is 25.4 Å². The molecule has 0 bridgehead atoms. The summed E-state index contributed by atoms with van der Waals surface area (Å²) in [6, 6.07) is 17.2. The molecule has 154 valence electrons. The van der Waals surface area contributed by atoms with Crippen LogP contribution in [0.1, 0.15) is 15.9 Å². The summed E-state index contributed by atoms with van der Waals surface area (Å²) in [6.45, 7) is 0.358. The maximum absolute atomic E-state index is 13.3. The fraction of sp³-hybridized carbons (Fsp3) is 0.130. The highest BCUT2D eigenvalue weighted by Crippen LogP contribution is 2.35. The van der Waals surface area contributed by atoms with Gasteiger partial charge in [0.1, 0.15) is 18.2 Å². The molecule has 0 spiro atoms. The first-order valence-corrected chi connectivity index (χ1v) is 9.30. The predicted octanol–water partition coefficient (Wildman–Crippen LogP) is 4.15. The fourth-order valence-corrected chi connectivity index (χ4v) is 2.95. The second kappa shape index (κ2) is 9.67. The van der Waals surface area contributed by atoms with Crippen molar-refractivity contribution in [2.45, 2.75) is 6.61 Å². The van der Waals surface area contributed by atoms with E-state index in [0.717, 1.165) is 5.56 Å². The molecule has 0 unspecified atom stereocenters. The van der Waals surface area contributed by atoms with Crippen LogP contribution in [0.4, 0.5) is 4.39 Å². The summed E-state index contributed by atoms with van der Waals surface area (Å²) in [4.78, 5) is 16.8. The van der Waals surface area contributed by atoms with Crippen LogP contribution in [0.2, 0.25) is 0 Å². The van der Waals surface area contributed by atoms with Gasteiger partial charge in [0.25, 0.3) is 5.91 Å². The van der Waals surface area contributed by atoms with E-state index in [9.17, 15) is 9.18 Å². The van der Waals surface area contributed by atoms with Crippen molar-refractivity contribution in [3.8, 4) is 17.2 Å². The van der Waals surface area contributed by atoms with Crippen LogP contribution in [0, 0.1) is 5.82 Å². The number of aromatic nitrogens is 1. The normalized spacial score (nSPS) is 10.3. The Balaban J connectivity index is 0.00000124. The number of fused-ring (bicyclic) bond motifs is 1. The van der Waals surface area contributed by atoms with Crippen LogP contribution in [0.3, 0.4) is 0 Å². The molecule has 2 aromatic heterocycles. The number of rotatable bonds is 5. The molecule has 6 nitrogen and oxygen atoms in total. The van der Waals surface area contributed by atoms with Gasteiger partial charge in [-0.1, -0.05) is 30.3 Å². The van der Waals surface area contributed by atoms with Gasteiger partial charge in [-0.15, -0.1) is 0 Å². The lowest BCUT2D eigenvalue weighted by Crippen LogP contribution is -2.18. The van der Waals surface area contributed by atoms with Gasteiger partial charge in [-0.2, -0.15) is 0 Å². The number of hydrogen-bond donors (Lipinski definition) is 2. The van der Waals surface area contributed by atoms with Crippen LogP contribution < -0.4 is 15.8 Å². The standard InChI is InChI=1S/C22H17FN2O3.CH5N/c1-24-22(26)20-17-11-19(27-13-14-5-3-2-4-6-14)25-12-18(17)28-21(20)15-7-9-16(23)10-8-15;1-2/h2-12H,13H2,1H3,(H,24,26);2H2,1H3. The number of benzene rings is 2. The fourth-order valence-electron chi connectivity index (χ4n) is 2.95. The van der Waals surface area contributed by atoms with Crippen molar-refractivity contribution in [3.63, 3.8) is 0 Å². The number of furan rings is 1. The second-order valence-electron chi connectivity index (χ2n) is 6.19. The topological polar surface area (TPSA) is 90.4 Å². The molecule has 0 aliphatic carbocycles. The van der Waals surface area contributed by atoms with Crippen LogP contribution >= 0.6 is 0 Å². The number of ether oxygens (including phenoxy) is 1. The molecule has 0 saturated heterocycles. The summed E-state index contributed by atoms with van der Waals surface area (Å²) in [6.07, 6.45) is 1.52. The first-order chi connectivity index (χ1) is 14.7. The zero-order valence-corrected chi connectivity index (χ0v) is 16.7. The van der Waals surface area contributed by atoms with Gasteiger partial charge in [-0.05, 0) is 36.9 Å². The maximum Gasteiger partial charge on any atom is 0.255 e. The quantitative estimate of drug-likeness (QED) is 0.519. The Morgan fingerprint density at radius 3 is 2.50 bits per heavy atom. The molecule has 0 saturated carbocycles. The summed E-state index contributed by atoms with van der Waals surface area (Å²) in [5.41, 5.74) is 6.92. The smallest absolute Gasteiger partial charge is 0.255 e. The Bertz CT molecular complexity index is 1130. The van der Waals surface area contributed by atoms with E-state index in [4.69, 9.17) is 9.15 Å². The van der Waals surface area contributed by atoms with Crippen molar-refractivity contribution >= 4 is 16.9 Å². The van der Waals surface area contributed by atoms with Crippen LogP contribution in [0.5, 0.6) is 5.88 Å². The summed E-state index contributed by atoms with van der Waals surface area (Å²) < 4.78 is 24.9. The maximum atomic E-state index is 13.3. The van der Waals surface area contributed by atoms with E-state index in [0.29, 0.717) is 40.3 Å². The van der Waals surface area contributed by atoms with Gasteiger partial charge in [-0.25, -0.2) is 9.37 Å². The lowest BCUT2D eigenvalue weighted by atomic mass is 10.1. The molecule has 0 aliphatic heterocycles. The molecule has 0 radical (unpaired) electrons. The van der Waals surface area contributed by atoms with Crippen molar-refractivity contribution < 1.29 is 18.3 Å². The van der Waals surface area contributed by atoms with Gasteiger partial charge in [0.2, 0.25) is 5.88 Å². The summed E-state index contributed by atoms with van der Waals surface area (Å²) in [7, 11) is 3.05. The van der Waals surface area contributed by atoms with E-state index < -0.39 is 0 Å². The van der Waals surface area contributed by atoms with Crippen LogP contribution in [-0.2, 0) is 6.61 Å². The van der Waals surface area contributed by atoms with Gasteiger partial charge in [0.05, 0.1) is 11.8 Å². The van der Waals surface area contributed by atoms with Crippen LogP contribution in [-0.4, -0.2) is 25.0 Å². The average molecular weight is 407 g/mol. The third kappa shape index (κ3) is 4.47. The minimum Gasteiger partial charge on any atom is -0.473 e. The van der Waals surface area contributed by atoms with E-state index in [1.54, 1.807) is 25.2 Å². The van der Waals surface area contributed by atoms with Crippen molar-refractivity contribution in [3.05, 3.63) is 83.8 Å². The van der Waals surface area contributed by atoms with Crippen molar-refractivity contribution in [2.75, 3.05) is 14.1 Å². The van der Waals surface area contributed by atoms with Gasteiger partial charge in [-0.3, -0.25) is 4.79 Å². The van der Waals surface area contributed by atoms with E-state index in [1.807, 2.05) is 30.3 Å². The van der Waals surface area contributed by atoms with Gasteiger partial charge in [0.15, 0.2) is 5.58 Å². The Hall–Kier alpha value is -3.71. The molecular formula is C23H22FN3O3. The molecule has 7 heteroatoms. The summed E-state index contributed by atoms with van der Waals surface area (Å²) in [5, 5.41) is 3.20. The first kappa shape index (κ1) is 21.0. The predicted molar refractivity (Wildman–Crippen MR) is 114 cm³/mol. The van der Waals surface area contributed by atoms with Gasteiger partial charge >= 0.3 is 0 Å². The third-order valence-electron chi connectivity index (χ3n) is 4.34. The van der Waals surface area contributed by atoms with Gasteiger partial charge in [0, 0.05) is 24.1 Å². The van der Waals surface area contributed by atoms with Crippen molar-refractivity contribution in [2.24, 2.45) is 5.73 Å². The lowest BCUT2D eigenvalue weighted by Gasteiger charge is -2.05. The minimum atomic E-state index is -0.361. The number of nitrogens with two attached hydrogens (primary N) is 1. The summed E-state index contributed by atoms with van der Waals surface area (Å²) >= 11 is 0. The highest BCUT2D eigenvalue weighted by Gasteiger charge is 2.22. The number of nitrogens with one attached hydrogen (secondary N) is 1. The van der Waals surface area contributed by atoms with E-state index in [-0.39, 0.29) is 11.7 Å². The number of amides is 1. The molecule has 2 heterocycles. The minimum absolute atomic E-state index is 0.307. The van der Waals surface area contributed by atoms with Crippen LogP contribution in [0.25, 0.3) is 22.3 Å². The third-order valence-corrected chi connectivity index (χ3v) is 4.34. The van der Waals surface area contributed by atoms with Crippen molar-refractivity contribution in [1.82, 2.24) is 10.3 Å². The number of halogens is 1. The molecule has 0 aliphatic rings.